The lowest BCUT2D eigenvalue weighted by molar-refractivity contribution is -0.124. The minimum atomic E-state index is -0.270. The molecule has 1 aromatic rings. The van der Waals surface area contributed by atoms with E-state index < -0.39 is 0 Å². The number of hydrogen-bond donors (Lipinski definition) is 3. The average molecular weight is 410 g/mol. The van der Waals surface area contributed by atoms with Crippen molar-refractivity contribution >= 4 is 30.7 Å². The van der Waals surface area contributed by atoms with Crippen LogP contribution in [0.4, 0.5) is 0 Å². The van der Waals surface area contributed by atoms with Crippen LogP contribution in [-0.2, 0) is 11.3 Å². The summed E-state index contributed by atoms with van der Waals surface area (Å²) >= 11 is 0. The summed E-state index contributed by atoms with van der Waals surface area (Å²) in [6, 6.07) is 5.75. The minimum Gasteiger partial charge on any atom is -0.493 e. The first-order valence-corrected chi connectivity index (χ1v) is 8.32. The first-order chi connectivity index (χ1) is 11.4. The Morgan fingerprint density at radius 1 is 1.12 bits per heavy atom. The molecule has 0 fully saturated rings. The van der Waals surface area contributed by atoms with E-state index in [9.17, 15) is 4.79 Å². The molecule has 0 spiro atoms. The van der Waals surface area contributed by atoms with E-state index in [1.165, 1.54) is 0 Å². The molecule has 1 aromatic carbocycles. The van der Waals surface area contributed by atoms with Crippen molar-refractivity contribution in [1.29, 1.82) is 0 Å². The van der Waals surface area contributed by atoms with Gasteiger partial charge in [0.25, 0.3) is 5.91 Å². The van der Waals surface area contributed by atoms with Crippen molar-refractivity contribution in [2.75, 3.05) is 33.9 Å². The monoisotopic (exact) mass is 409 g/mol. The van der Waals surface area contributed by atoms with Crippen molar-refractivity contribution in [3.63, 3.8) is 0 Å². The van der Waals surface area contributed by atoms with Crippen LogP contribution >= 0.6 is 24.8 Å². The number of carbonyl (C=O) groups is 1. The van der Waals surface area contributed by atoms with Crippen LogP contribution in [0.1, 0.15) is 32.8 Å². The molecule has 0 saturated carbocycles. The summed E-state index contributed by atoms with van der Waals surface area (Å²) in [5, 5.41) is 9.37. The zero-order valence-electron chi connectivity index (χ0n) is 16.3. The molecule has 0 bridgehead atoms. The first kappa shape index (κ1) is 27.0. The summed E-state index contributed by atoms with van der Waals surface area (Å²) < 4.78 is 11.0. The molecule has 8 heteroatoms. The van der Waals surface area contributed by atoms with Gasteiger partial charge in [0, 0.05) is 12.1 Å². The Labute approximate surface area is 169 Å². The Morgan fingerprint density at radius 3 is 2.38 bits per heavy atom. The van der Waals surface area contributed by atoms with Gasteiger partial charge >= 0.3 is 0 Å². The van der Waals surface area contributed by atoms with Gasteiger partial charge < -0.3 is 25.4 Å². The molecule has 1 rings (SSSR count). The molecule has 6 nitrogen and oxygen atoms in total. The molecule has 1 amide bonds. The number of rotatable bonds is 10. The van der Waals surface area contributed by atoms with Crippen molar-refractivity contribution in [2.45, 2.75) is 39.3 Å². The van der Waals surface area contributed by atoms with E-state index in [0.29, 0.717) is 11.5 Å². The first-order valence-electron chi connectivity index (χ1n) is 8.32. The number of halogens is 2. The van der Waals surface area contributed by atoms with Crippen molar-refractivity contribution in [1.82, 2.24) is 16.0 Å². The highest BCUT2D eigenvalue weighted by molar-refractivity contribution is 5.85. The van der Waals surface area contributed by atoms with E-state index in [1.54, 1.807) is 7.11 Å². The molecule has 0 saturated heterocycles. The lowest BCUT2D eigenvalue weighted by atomic mass is 10.1. The van der Waals surface area contributed by atoms with Crippen molar-refractivity contribution in [2.24, 2.45) is 0 Å². The number of amides is 1. The van der Waals surface area contributed by atoms with Crippen molar-refractivity contribution in [3.05, 3.63) is 23.8 Å². The highest BCUT2D eigenvalue weighted by Gasteiger charge is 2.15. The highest BCUT2D eigenvalue weighted by atomic mass is 35.5. The minimum absolute atomic E-state index is 0. The molecule has 0 heterocycles. The third-order valence-corrected chi connectivity index (χ3v) is 3.21. The maximum absolute atomic E-state index is 11.8. The third kappa shape index (κ3) is 11.4. The van der Waals surface area contributed by atoms with Gasteiger partial charge in [-0.15, -0.1) is 24.8 Å². The Balaban J connectivity index is 0. The largest absolute Gasteiger partial charge is 0.493 e. The van der Waals surface area contributed by atoms with Crippen LogP contribution in [0.2, 0.25) is 0 Å². The topological polar surface area (TPSA) is 71.6 Å². The predicted molar refractivity (Wildman–Crippen MR) is 111 cm³/mol. The smallest absolute Gasteiger partial charge is 0.258 e. The van der Waals surface area contributed by atoms with E-state index in [0.717, 1.165) is 31.6 Å². The lowest BCUT2D eigenvalue weighted by Gasteiger charge is -2.20. The Morgan fingerprint density at radius 2 is 1.81 bits per heavy atom. The van der Waals surface area contributed by atoms with Crippen LogP contribution in [0, 0.1) is 0 Å². The van der Waals surface area contributed by atoms with Crippen LogP contribution < -0.4 is 25.4 Å². The zero-order chi connectivity index (χ0) is 18.0. The van der Waals surface area contributed by atoms with Crippen LogP contribution in [0.25, 0.3) is 0 Å². The van der Waals surface area contributed by atoms with E-state index >= 15 is 0 Å². The molecule has 0 radical (unpaired) electrons. The number of methoxy groups -OCH3 is 1. The number of carbonyl (C=O) groups excluding carboxylic acids is 1. The second-order valence-corrected chi connectivity index (χ2v) is 6.71. The zero-order valence-corrected chi connectivity index (χ0v) is 17.9. The molecular formula is C18H33Cl2N3O3. The second kappa shape index (κ2) is 13.9. The number of hydrogen-bond acceptors (Lipinski definition) is 5. The van der Waals surface area contributed by atoms with Gasteiger partial charge in [0.2, 0.25) is 0 Å². The molecule has 0 aromatic heterocycles. The van der Waals surface area contributed by atoms with Crippen LogP contribution in [0.15, 0.2) is 18.2 Å². The normalized spacial score (nSPS) is 10.3. The maximum atomic E-state index is 11.8. The number of benzene rings is 1. The number of ether oxygens (including phenoxy) is 2. The van der Waals surface area contributed by atoms with Gasteiger partial charge in [0.1, 0.15) is 0 Å². The fourth-order valence-electron chi connectivity index (χ4n) is 2.16. The van der Waals surface area contributed by atoms with E-state index in [4.69, 9.17) is 9.47 Å². The summed E-state index contributed by atoms with van der Waals surface area (Å²) in [7, 11) is 3.55. The predicted octanol–water partition coefficient (Wildman–Crippen LogP) is 2.53. The van der Waals surface area contributed by atoms with Crippen molar-refractivity contribution in [3.8, 4) is 11.5 Å². The molecule has 0 aliphatic rings. The molecule has 26 heavy (non-hydrogen) atoms. The van der Waals surface area contributed by atoms with Gasteiger partial charge in [-0.3, -0.25) is 4.79 Å². The molecule has 152 valence electrons. The maximum Gasteiger partial charge on any atom is 0.258 e. The fourth-order valence-corrected chi connectivity index (χ4v) is 2.16. The highest BCUT2D eigenvalue weighted by Crippen LogP contribution is 2.28. The summed E-state index contributed by atoms with van der Waals surface area (Å²) in [4.78, 5) is 11.8. The molecule has 0 atom stereocenters. The van der Waals surface area contributed by atoms with Crippen LogP contribution in [-0.4, -0.2) is 45.3 Å². The molecule has 0 unspecified atom stereocenters. The molecule has 3 N–H and O–H groups in total. The Bertz CT molecular complexity index is 523. The molecular weight excluding hydrogens is 377 g/mol. The molecule has 0 aliphatic carbocycles. The summed E-state index contributed by atoms with van der Waals surface area (Å²) in [6.45, 7) is 8.49. The third-order valence-electron chi connectivity index (χ3n) is 3.21. The van der Waals surface area contributed by atoms with Gasteiger partial charge in [-0.25, -0.2) is 0 Å². The van der Waals surface area contributed by atoms with E-state index in [-0.39, 0.29) is 42.9 Å². The van der Waals surface area contributed by atoms with Crippen LogP contribution in [0.3, 0.4) is 0 Å². The fraction of sp³-hybridized carbons (Fsp3) is 0.611. The summed E-state index contributed by atoms with van der Waals surface area (Å²) in [5.74, 6) is 1.05. The standard InChI is InChI=1S/C18H31N3O3.2ClH/c1-18(2,3)21-17(22)13-24-15-8-7-14(11-16(15)23-5)12-20-10-6-9-19-4;;/h7-8,11,19-20H,6,9-10,12-13H2,1-5H3,(H,21,22);2*1H. The molecule has 0 aliphatic heterocycles. The van der Waals surface area contributed by atoms with E-state index in [1.807, 2.05) is 46.0 Å². The van der Waals surface area contributed by atoms with Gasteiger partial charge in [-0.2, -0.15) is 0 Å². The average Bonchev–Trinajstić information content (AvgIpc) is 2.51. The van der Waals surface area contributed by atoms with Crippen LogP contribution in [0.5, 0.6) is 11.5 Å². The van der Waals surface area contributed by atoms with Gasteiger partial charge in [0.15, 0.2) is 18.1 Å². The Kier molecular flexibility index (Phi) is 14.5. The lowest BCUT2D eigenvalue weighted by Crippen LogP contribution is -2.43. The second-order valence-electron chi connectivity index (χ2n) is 6.71. The van der Waals surface area contributed by atoms with E-state index in [2.05, 4.69) is 16.0 Å². The summed E-state index contributed by atoms with van der Waals surface area (Å²) in [5.41, 5.74) is 0.843. The quantitative estimate of drug-likeness (QED) is 0.517. The van der Waals surface area contributed by atoms with Gasteiger partial charge in [0.05, 0.1) is 7.11 Å². The van der Waals surface area contributed by atoms with Gasteiger partial charge in [-0.05, 0) is 65.0 Å². The summed E-state index contributed by atoms with van der Waals surface area (Å²) in [6.07, 6.45) is 1.08. The number of nitrogens with one attached hydrogen (secondary N) is 3. The van der Waals surface area contributed by atoms with Crippen molar-refractivity contribution < 1.29 is 14.3 Å². The Hall–Kier alpha value is -1.21. The van der Waals surface area contributed by atoms with Gasteiger partial charge in [-0.1, -0.05) is 6.07 Å². The SMILES string of the molecule is CNCCCNCc1ccc(OCC(=O)NC(C)(C)C)c(OC)c1.Cl.Cl.